The van der Waals surface area contributed by atoms with Crippen LogP contribution in [0.1, 0.15) is 84.2 Å². The molecule has 0 saturated heterocycles. The Morgan fingerprint density at radius 3 is 1.33 bits per heavy atom. The van der Waals surface area contributed by atoms with E-state index in [0.29, 0.717) is 18.9 Å². The molecule has 2 N–H and O–H groups in total. The summed E-state index contributed by atoms with van der Waals surface area (Å²) in [5.74, 6) is -5.35. The zero-order valence-electron chi connectivity index (χ0n) is 28.8. The molecular weight excluding hydrogens is 688 g/mol. The number of hydrogen-bond acceptors (Lipinski definition) is 2. The Morgan fingerprint density at radius 2 is 0.980 bits per heavy atom. The van der Waals surface area contributed by atoms with Crippen LogP contribution in [0.2, 0.25) is 0 Å². The summed E-state index contributed by atoms with van der Waals surface area (Å²) < 4.78 is 67.7. The van der Waals surface area contributed by atoms with Gasteiger partial charge in [0.25, 0.3) is 0 Å². The normalized spacial score (nSPS) is 13.9. The van der Waals surface area contributed by atoms with Gasteiger partial charge in [-0.05, 0) is 0 Å². The third kappa shape index (κ3) is 6.59. The zero-order chi connectivity index (χ0) is 36.4. The summed E-state index contributed by atoms with van der Waals surface area (Å²) in [4.78, 5) is 27.2. The first kappa shape index (κ1) is 36.0. The number of anilines is 2. The van der Waals surface area contributed by atoms with Crippen molar-refractivity contribution in [1.82, 2.24) is 0 Å². The van der Waals surface area contributed by atoms with Crippen molar-refractivity contribution in [1.29, 1.82) is 0 Å². The number of rotatable bonds is 10. The van der Waals surface area contributed by atoms with Crippen LogP contribution in [-0.2, 0) is 16.6 Å². The van der Waals surface area contributed by atoms with Gasteiger partial charge in [0, 0.05) is 0 Å². The molecule has 0 heterocycles. The van der Waals surface area contributed by atoms with Gasteiger partial charge in [0.05, 0.1) is 0 Å². The molecule has 2 aliphatic carbocycles. The van der Waals surface area contributed by atoms with E-state index in [9.17, 15) is 9.59 Å². The summed E-state index contributed by atoms with van der Waals surface area (Å²) in [5, 5.41) is 5.26. The second kappa shape index (κ2) is 14.8. The Morgan fingerprint density at radius 1 is 0.588 bits per heavy atom. The minimum atomic E-state index is -5.25. The number of carbonyl (C=O) groups is 2. The molecule has 0 spiro atoms. The zero-order valence-corrected chi connectivity index (χ0v) is 30.4. The van der Waals surface area contributed by atoms with Gasteiger partial charge >= 0.3 is 300 Å². The molecule has 2 aliphatic rings. The summed E-state index contributed by atoms with van der Waals surface area (Å²) in [6, 6.07) is 18.2. The molecular formula is C42H38F4N2O2Ti. The van der Waals surface area contributed by atoms with Crippen molar-refractivity contribution in [3.05, 3.63) is 163 Å². The predicted octanol–water partition coefficient (Wildman–Crippen LogP) is 9.79. The second-order valence-electron chi connectivity index (χ2n) is 13.4. The first-order valence-electron chi connectivity index (χ1n) is 17.0. The van der Waals surface area contributed by atoms with Crippen molar-refractivity contribution in [2.24, 2.45) is 0 Å². The van der Waals surface area contributed by atoms with Crippen molar-refractivity contribution in [2.45, 2.75) is 52.4 Å². The Hall–Kier alpha value is -4.79. The van der Waals surface area contributed by atoms with Crippen LogP contribution in [0.15, 0.2) is 117 Å². The Labute approximate surface area is 299 Å². The average molecular weight is 727 g/mol. The van der Waals surface area contributed by atoms with Crippen LogP contribution in [0.5, 0.6) is 0 Å². The van der Waals surface area contributed by atoms with Crippen molar-refractivity contribution in [3.63, 3.8) is 0 Å². The molecule has 0 bridgehead atoms. The van der Waals surface area contributed by atoms with Gasteiger partial charge in [0.15, 0.2) is 0 Å². The molecule has 0 unspecified atom stereocenters. The van der Waals surface area contributed by atoms with Gasteiger partial charge < -0.3 is 0 Å². The van der Waals surface area contributed by atoms with Gasteiger partial charge in [0.1, 0.15) is 0 Å². The molecule has 9 heteroatoms. The summed E-state index contributed by atoms with van der Waals surface area (Å²) in [6.45, 7) is 7.72. The van der Waals surface area contributed by atoms with Crippen LogP contribution in [0.3, 0.4) is 0 Å². The molecule has 0 saturated carbocycles. The Balaban J connectivity index is 1.56. The minimum absolute atomic E-state index is 0.00981. The summed E-state index contributed by atoms with van der Waals surface area (Å²) >= 11 is -5.25. The van der Waals surface area contributed by atoms with Crippen molar-refractivity contribution >= 4 is 30.9 Å². The molecule has 2 amide bonds. The number of hydrogen-bond donors (Lipinski definition) is 2. The maximum absolute atomic E-state index is 17.3. The first-order chi connectivity index (χ1) is 24.5. The molecule has 6 rings (SSSR count). The van der Waals surface area contributed by atoms with Crippen molar-refractivity contribution in [3.8, 4) is 0 Å². The standard InChI is InChI=1S/2C16H14F2NO.2C5H5.Ti/c2*1-10(2)12-5-3-4-6-13(12)16(20)19-15-8-7-11(17)9-14(15)18;2*1-2-4-5-3-1;/h2*3-8,10H,1-2H3,(H,19,20);2*1-3H,4H2;. The van der Waals surface area contributed by atoms with Crippen LogP contribution >= 0.6 is 0 Å². The van der Waals surface area contributed by atoms with E-state index in [2.05, 4.69) is 10.6 Å². The van der Waals surface area contributed by atoms with E-state index in [1.807, 2.05) is 39.8 Å². The molecule has 0 fully saturated rings. The van der Waals surface area contributed by atoms with E-state index in [1.165, 1.54) is 0 Å². The number of benzene rings is 4. The first-order valence-corrected chi connectivity index (χ1v) is 20.1. The van der Waals surface area contributed by atoms with Crippen molar-refractivity contribution in [2.75, 3.05) is 10.6 Å². The number of nitrogens with one attached hydrogen (secondary N) is 2. The fraction of sp³-hybridized carbons (Fsp3) is 0.190. The summed E-state index contributed by atoms with van der Waals surface area (Å²) in [7, 11) is 0. The number of amides is 2. The molecule has 4 aromatic carbocycles. The van der Waals surface area contributed by atoms with Gasteiger partial charge in [-0.15, -0.1) is 0 Å². The summed E-state index contributed by atoms with van der Waals surface area (Å²) in [6.07, 6.45) is 10.8. The molecule has 0 radical (unpaired) electrons. The molecule has 4 aromatic rings. The molecule has 0 aliphatic heterocycles. The monoisotopic (exact) mass is 726 g/mol. The van der Waals surface area contributed by atoms with Gasteiger partial charge in [-0.25, -0.2) is 0 Å². The van der Waals surface area contributed by atoms with Gasteiger partial charge in [-0.1, -0.05) is 0 Å². The topological polar surface area (TPSA) is 58.2 Å². The van der Waals surface area contributed by atoms with Crippen LogP contribution in [0, 0.1) is 23.3 Å². The molecule has 0 aromatic heterocycles. The molecule has 260 valence electrons. The van der Waals surface area contributed by atoms with Gasteiger partial charge in [-0.3, -0.25) is 0 Å². The van der Waals surface area contributed by atoms with Crippen LogP contribution in [0.4, 0.5) is 28.9 Å². The third-order valence-corrected chi connectivity index (χ3v) is 17.5. The SMILES string of the molecule is CC(C)c1ccccc1C(=O)Nc1ccc(F)[c]([Ti]([C]2=CC=CC2)([C]2=CC=CC2)[c]2c(F)ccc(NC(=O)c3ccccc3C(C)C)c2F)c1F. The van der Waals surface area contributed by atoms with Crippen LogP contribution < -0.4 is 18.4 Å². The number of allylic oxidation sites excluding steroid dienone is 8. The third-order valence-electron chi connectivity index (χ3n) is 9.59. The molecule has 51 heavy (non-hydrogen) atoms. The molecule has 4 nitrogen and oxygen atoms in total. The Bertz CT molecular complexity index is 2010. The average Bonchev–Trinajstić information content (AvgIpc) is 3.86. The Kier molecular flexibility index (Phi) is 10.5. The predicted molar refractivity (Wildman–Crippen MR) is 193 cm³/mol. The van der Waals surface area contributed by atoms with E-state index in [4.69, 9.17) is 0 Å². The van der Waals surface area contributed by atoms with E-state index < -0.39 is 59.4 Å². The second-order valence-corrected chi connectivity index (χ2v) is 19.3. The van der Waals surface area contributed by atoms with Gasteiger partial charge in [0.2, 0.25) is 0 Å². The van der Waals surface area contributed by atoms with E-state index in [-0.39, 0.29) is 36.1 Å². The fourth-order valence-electron chi connectivity index (χ4n) is 7.20. The van der Waals surface area contributed by atoms with E-state index >= 15 is 17.6 Å². The molecule has 0 atom stereocenters. The quantitative estimate of drug-likeness (QED) is 0.126. The van der Waals surface area contributed by atoms with Gasteiger partial charge in [-0.2, -0.15) is 0 Å². The van der Waals surface area contributed by atoms with E-state index in [1.54, 1.807) is 72.9 Å². The summed E-state index contributed by atoms with van der Waals surface area (Å²) in [5.41, 5.74) is 1.53. The van der Waals surface area contributed by atoms with Crippen LogP contribution in [0.25, 0.3) is 0 Å². The van der Waals surface area contributed by atoms with Crippen LogP contribution in [-0.4, -0.2) is 11.8 Å². The fourth-order valence-corrected chi connectivity index (χ4v) is 15.5. The van der Waals surface area contributed by atoms with E-state index in [0.717, 1.165) is 35.4 Å². The number of halogens is 4. The maximum atomic E-state index is 17.3. The van der Waals surface area contributed by atoms with Crippen molar-refractivity contribution < 1.29 is 43.7 Å². The number of carbonyl (C=O) groups excluding carboxylic acids is 2.